The van der Waals surface area contributed by atoms with Crippen molar-refractivity contribution >= 4 is 12.2 Å². The van der Waals surface area contributed by atoms with Crippen LogP contribution in [0.15, 0.2) is 0 Å². The zero-order chi connectivity index (χ0) is 9.68. The third kappa shape index (κ3) is 3.28. The van der Waals surface area contributed by atoms with Gasteiger partial charge in [-0.1, -0.05) is 6.92 Å². The van der Waals surface area contributed by atoms with Gasteiger partial charge in [0.25, 0.3) is 0 Å². The van der Waals surface area contributed by atoms with Crippen molar-refractivity contribution in [1.29, 1.82) is 0 Å². The number of nitrogens with one attached hydrogen (secondary N) is 1. The maximum Gasteiger partial charge on any atom is 0.215 e. The molecule has 0 fully saturated rings. The van der Waals surface area contributed by atoms with Gasteiger partial charge < -0.3 is 4.74 Å². The first kappa shape index (κ1) is 10.4. The summed E-state index contributed by atoms with van der Waals surface area (Å²) in [6.45, 7) is 3.61. The number of ether oxygens (including phenoxy) is 1. The minimum Gasteiger partial charge on any atom is -0.381 e. The molecule has 0 saturated heterocycles. The van der Waals surface area contributed by atoms with Crippen LogP contribution in [-0.4, -0.2) is 28.0 Å². The molecule has 0 saturated carbocycles. The van der Waals surface area contributed by atoms with Gasteiger partial charge in [-0.25, -0.2) is 4.98 Å². The minimum atomic E-state index is 0.588. The Bertz CT molecular complexity index is 305. The van der Waals surface area contributed by atoms with E-state index in [1.165, 1.54) is 0 Å². The third-order valence-electron chi connectivity index (χ3n) is 1.65. The lowest BCUT2D eigenvalue weighted by atomic mass is 10.4. The van der Waals surface area contributed by atoms with Gasteiger partial charge >= 0.3 is 0 Å². The molecule has 1 heterocycles. The lowest BCUT2D eigenvalue weighted by Crippen LogP contribution is -2.01. The Morgan fingerprint density at radius 3 is 2.85 bits per heavy atom. The van der Waals surface area contributed by atoms with Crippen molar-refractivity contribution < 1.29 is 4.74 Å². The smallest absolute Gasteiger partial charge is 0.215 e. The Balaban J connectivity index is 2.33. The number of hydrogen-bond donors (Lipinski definition) is 1. The summed E-state index contributed by atoms with van der Waals surface area (Å²) in [6.07, 6.45) is 1.85. The molecule has 4 nitrogen and oxygen atoms in total. The van der Waals surface area contributed by atoms with E-state index in [2.05, 4.69) is 17.0 Å². The van der Waals surface area contributed by atoms with Crippen LogP contribution in [0.2, 0.25) is 0 Å². The maximum absolute atomic E-state index is 5.33. The summed E-state index contributed by atoms with van der Waals surface area (Å²) in [5, 5.41) is 3.04. The topological polar surface area (TPSA) is 42.8 Å². The molecule has 13 heavy (non-hydrogen) atoms. The summed E-state index contributed by atoms with van der Waals surface area (Å²) in [5.74, 6) is 0.892. The third-order valence-corrected chi connectivity index (χ3v) is 2.01. The molecule has 0 aliphatic rings. The molecule has 74 valence electrons. The van der Waals surface area contributed by atoms with E-state index < -0.39 is 0 Å². The van der Waals surface area contributed by atoms with Crippen LogP contribution in [0.4, 0.5) is 0 Å². The van der Waals surface area contributed by atoms with E-state index in [9.17, 15) is 0 Å². The Labute approximate surface area is 82.9 Å². The van der Waals surface area contributed by atoms with Gasteiger partial charge in [0.05, 0.1) is 6.61 Å². The summed E-state index contributed by atoms with van der Waals surface area (Å²) < 4.78 is 7.65. The largest absolute Gasteiger partial charge is 0.381 e. The molecule has 0 aromatic carbocycles. The minimum absolute atomic E-state index is 0.588. The van der Waals surface area contributed by atoms with Gasteiger partial charge in [0, 0.05) is 20.1 Å². The predicted octanol–water partition coefficient (Wildman–Crippen LogP) is 1.45. The van der Waals surface area contributed by atoms with Gasteiger partial charge in [-0.15, -0.1) is 0 Å². The van der Waals surface area contributed by atoms with Crippen LogP contribution in [0.25, 0.3) is 0 Å². The van der Waals surface area contributed by atoms with E-state index >= 15 is 0 Å². The second-order valence-electron chi connectivity index (χ2n) is 2.87. The zero-order valence-corrected chi connectivity index (χ0v) is 8.86. The van der Waals surface area contributed by atoms with Gasteiger partial charge in [0.15, 0.2) is 0 Å². The van der Waals surface area contributed by atoms with Crippen LogP contribution in [0.1, 0.15) is 19.2 Å². The average molecular weight is 201 g/mol. The van der Waals surface area contributed by atoms with E-state index in [-0.39, 0.29) is 0 Å². The normalized spacial score (nSPS) is 10.6. The SMILES string of the molecule is CCCOCCc1nc(=S)n(C)[nH]1. The van der Waals surface area contributed by atoms with E-state index in [1.54, 1.807) is 4.68 Å². The van der Waals surface area contributed by atoms with Gasteiger partial charge in [-0.05, 0) is 18.6 Å². The van der Waals surface area contributed by atoms with Gasteiger partial charge in [-0.3, -0.25) is 9.78 Å². The lowest BCUT2D eigenvalue weighted by molar-refractivity contribution is 0.136. The Morgan fingerprint density at radius 1 is 1.54 bits per heavy atom. The number of H-pyrrole nitrogens is 1. The highest BCUT2D eigenvalue weighted by atomic mass is 32.1. The standard InChI is InChI=1S/C8H15N3OS/c1-3-5-12-6-4-7-9-8(13)11(2)10-7/h3-6H2,1-2H3,(H,9,10,13). The molecule has 0 aliphatic heterocycles. The maximum atomic E-state index is 5.33. The van der Waals surface area contributed by atoms with Gasteiger partial charge in [-0.2, -0.15) is 0 Å². The summed E-state index contributed by atoms with van der Waals surface area (Å²) in [6, 6.07) is 0. The number of aromatic amines is 1. The van der Waals surface area contributed by atoms with Crippen molar-refractivity contribution in [3.8, 4) is 0 Å². The molecule has 1 aromatic rings. The van der Waals surface area contributed by atoms with E-state index in [4.69, 9.17) is 17.0 Å². The molecule has 1 rings (SSSR count). The Kier molecular flexibility index (Phi) is 4.11. The molecule has 1 N–H and O–H groups in total. The van der Waals surface area contributed by atoms with E-state index in [0.717, 1.165) is 25.3 Å². The zero-order valence-electron chi connectivity index (χ0n) is 8.04. The van der Waals surface area contributed by atoms with Gasteiger partial charge in [0.2, 0.25) is 4.77 Å². The summed E-state index contributed by atoms with van der Waals surface area (Å²) in [7, 11) is 1.85. The molecule has 0 bridgehead atoms. The average Bonchev–Trinajstić information content (AvgIpc) is 2.41. The summed E-state index contributed by atoms with van der Waals surface area (Å²) >= 11 is 4.96. The number of aromatic nitrogens is 3. The molecule has 0 radical (unpaired) electrons. The monoisotopic (exact) mass is 201 g/mol. The van der Waals surface area contributed by atoms with Crippen molar-refractivity contribution in [2.75, 3.05) is 13.2 Å². The van der Waals surface area contributed by atoms with Crippen LogP contribution in [0, 0.1) is 4.77 Å². The summed E-state index contributed by atoms with van der Waals surface area (Å²) in [5.41, 5.74) is 0. The second kappa shape index (κ2) is 5.14. The molecule has 0 amide bonds. The van der Waals surface area contributed by atoms with Crippen molar-refractivity contribution in [2.24, 2.45) is 7.05 Å². The number of nitrogens with zero attached hydrogens (tertiary/aromatic N) is 2. The lowest BCUT2D eigenvalue weighted by Gasteiger charge is -1.98. The van der Waals surface area contributed by atoms with Gasteiger partial charge in [0.1, 0.15) is 5.82 Å². The van der Waals surface area contributed by atoms with Crippen molar-refractivity contribution in [1.82, 2.24) is 14.8 Å². The molecule has 1 aromatic heterocycles. The first-order valence-electron chi connectivity index (χ1n) is 4.43. The second-order valence-corrected chi connectivity index (χ2v) is 3.24. The highest BCUT2D eigenvalue weighted by Crippen LogP contribution is 1.93. The molecule has 0 unspecified atom stereocenters. The number of aryl methyl sites for hydroxylation is 1. The fourth-order valence-electron chi connectivity index (χ4n) is 0.984. The highest BCUT2D eigenvalue weighted by Gasteiger charge is 1.98. The fourth-order valence-corrected chi connectivity index (χ4v) is 1.14. The first-order chi connectivity index (χ1) is 6.24. The van der Waals surface area contributed by atoms with Crippen molar-refractivity contribution in [3.63, 3.8) is 0 Å². The van der Waals surface area contributed by atoms with Crippen molar-refractivity contribution in [2.45, 2.75) is 19.8 Å². The Hall–Kier alpha value is -0.680. The van der Waals surface area contributed by atoms with E-state index in [0.29, 0.717) is 11.4 Å². The predicted molar refractivity (Wildman–Crippen MR) is 53.2 cm³/mol. The summed E-state index contributed by atoms with van der Waals surface area (Å²) in [4.78, 5) is 4.15. The first-order valence-corrected chi connectivity index (χ1v) is 4.84. The van der Waals surface area contributed by atoms with Crippen LogP contribution in [-0.2, 0) is 18.2 Å². The molecular formula is C8H15N3OS. The molecule has 5 heteroatoms. The molecule has 0 atom stereocenters. The van der Waals surface area contributed by atoms with Crippen LogP contribution < -0.4 is 0 Å². The molecular weight excluding hydrogens is 186 g/mol. The molecule has 0 spiro atoms. The van der Waals surface area contributed by atoms with Crippen LogP contribution in [0.5, 0.6) is 0 Å². The van der Waals surface area contributed by atoms with E-state index in [1.807, 2.05) is 7.05 Å². The van der Waals surface area contributed by atoms with Crippen LogP contribution in [0.3, 0.4) is 0 Å². The quantitative estimate of drug-likeness (QED) is 0.579. The number of rotatable bonds is 5. The molecule has 0 aliphatic carbocycles. The van der Waals surface area contributed by atoms with Crippen LogP contribution >= 0.6 is 12.2 Å². The Morgan fingerprint density at radius 2 is 2.31 bits per heavy atom. The fraction of sp³-hybridized carbons (Fsp3) is 0.750. The highest BCUT2D eigenvalue weighted by molar-refractivity contribution is 7.71. The number of hydrogen-bond acceptors (Lipinski definition) is 3. The van der Waals surface area contributed by atoms with Crippen molar-refractivity contribution in [3.05, 3.63) is 10.6 Å².